The maximum atomic E-state index is 11.5. The van der Waals surface area contributed by atoms with Crippen LogP contribution >= 0.6 is 0 Å². The Labute approximate surface area is 76.4 Å². The van der Waals surface area contributed by atoms with Crippen LogP contribution in [-0.4, -0.2) is 18.9 Å². The molecule has 0 aromatic rings. The first-order valence-electron chi connectivity index (χ1n) is 4.84. The summed E-state index contributed by atoms with van der Waals surface area (Å²) in [5, 5.41) is 0. The number of rotatable bonds is 2. The van der Waals surface area contributed by atoms with Crippen LogP contribution in [0.2, 0.25) is 0 Å². The lowest BCUT2D eigenvalue weighted by atomic mass is 9.94. The Kier molecular flexibility index (Phi) is 1.24. The van der Waals surface area contributed by atoms with E-state index in [9.17, 15) is 9.59 Å². The molecule has 0 unspecified atom stereocenters. The van der Waals surface area contributed by atoms with Crippen molar-refractivity contribution in [3.8, 4) is 0 Å². The number of Topliss-reactive ketones (excluding diaryl/α,β-unsaturated/α-hetero) is 1. The number of carbonyl (C=O) groups excluding carboxylic acids is 2. The van der Waals surface area contributed by atoms with Gasteiger partial charge in [-0.15, -0.1) is 0 Å². The SMILES string of the molecule is COC(=O)C[C@@H]1[C@@H]2[C@H]3C[C@H]1C(=O)[C@H]32. The van der Waals surface area contributed by atoms with Gasteiger partial charge in [0, 0.05) is 18.3 Å². The van der Waals surface area contributed by atoms with Gasteiger partial charge in [-0.3, -0.25) is 9.59 Å². The third-order valence-electron chi connectivity index (χ3n) is 4.09. The van der Waals surface area contributed by atoms with Crippen molar-refractivity contribution in [2.24, 2.45) is 29.6 Å². The highest BCUT2D eigenvalue weighted by Gasteiger charge is 2.73. The first kappa shape index (κ1) is 7.54. The van der Waals surface area contributed by atoms with Crippen molar-refractivity contribution in [1.82, 2.24) is 0 Å². The molecule has 4 rings (SSSR count). The number of hydrogen-bond acceptors (Lipinski definition) is 3. The molecule has 13 heavy (non-hydrogen) atoms. The summed E-state index contributed by atoms with van der Waals surface area (Å²) in [4.78, 5) is 22.6. The highest BCUT2D eigenvalue weighted by Crippen LogP contribution is 2.71. The quantitative estimate of drug-likeness (QED) is 0.585. The summed E-state index contributed by atoms with van der Waals surface area (Å²) in [7, 11) is 1.41. The van der Waals surface area contributed by atoms with Gasteiger partial charge < -0.3 is 4.74 Å². The molecular weight excluding hydrogens is 168 g/mol. The van der Waals surface area contributed by atoms with Crippen molar-refractivity contribution < 1.29 is 14.3 Å². The molecule has 3 heteroatoms. The summed E-state index contributed by atoms with van der Waals surface area (Å²) in [6, 6.07) is 0. The van der Waals surface area contributed by atoms with Crippen LogP contribution in [0, 0.1) is 29.6 Å². The molecule has 0 aromatic carbocycles. The minimum absolute atomic E-state index is 0.156. The van der Waals surface area contributed by atoms with Crippen molar-refractivity contribution in [1.29, 1.82) is 0 Å². The molecule has 0 N–H and O–H groups in total. The first-order chi connectivity index (χ1) is 6.24. The van der Waals surface area contributed by atoms with Crippen LogP contribution in [0.3, 0.4) is 0 Å². The Morgan fingerprint density at radius 1 is 1.62 bits per heavy atom. The van der Waals surface area contributed by atoms with Gasteiger partial charge in [0.05, 0.1) is 7.11 Å². The van der Waals surface area contributed by atoms with E-state index in [4.69, 9.17) is 0 Å². The highest BCUT2D eigenvalue weighted by molar-refractivity contribution is 5.93. The average molecular weight is 180 g/mol. The van der Waals surface area contributed by atoms with Gasteiger partial charge in [0.15, 0.2) is 0 Å². The number of methoxy groups -OCH3 is 1. The second kappa shape index (κ2) is 2.14. The summed E-state index contributed by atoms with van der Waals surface area (Å²) in [5.74, 6) is 2.36. The lowest BCUT2D eigenvalue weighted by Gasteiger charge is -2.10. The Bertz CT molecular complexity index is 297. The molecule has 0 radical (unpaired) electrons. The van der Waals surface area contributed by atoms with Gasteiger partial charge in [0.2, 0.25) is 0 Å². The van der Waals surface area contributed by atoms with Gasteiger partial charge in [-0.2, -0.15) is 0 Å². The molecule has 0 saturated heterocycles. The Balaban J connectivity index is 1.75. The van der Waals surface area contributed by atoms with E-state index in [1.807, 2.05) is 0 Å². The van der Waals surface area contributed by atoms with Crippen molar-refractivity contribution in [2.75, 3.05) is 7.11 Å². The second-order valence-corrected chi connectivity index (χ2v) is 4.46. The fourth-order valence-corrected chi connectivity index (χ4v) is 3.55. The van der Waals surface area contributed by atoms with Gasteiger partial charge in [-0.05, 0) is 24.2 Å². The number of ketones is 1. The fourth-order valence-electron chi connectivity index (χ4n) is 3.55. The maximum absolute atomic E-state index is 11.5. The second-order valence-electron chi connectivity index (χ2n) is 4.46. The third kappa shape index (κ3) is 0.754. The molecule has 0 amide bonds. The van der Waals surface area contributed by atoms with E-state index in [1.165, 1.54) is 7.11 Å². The van der Waals surface area contributed by atoms with Crippen molar-refractivity contribution in [2.45, 2.75) is 12.8 Å². The van der Waals surface area contributed by atoms with Crippen LogP contribution in [-0.2, 0) is 14.3 Å². The fraction of sp³-hybridized carbons (Fsp3) is 0.800. The number of esters is 1. The van der Waals surface area contributed by atoms with E-state index in [-0.39, 0.29) is 11.9 Å². The van der Waals surface area contributed by atoms with Crippen LogP contribution < -0.4 is 0 Å². The Hall–Kier alpha value is -0.860. The average Bonchev–Trinajstić information content (AvgIpc) is 2.44. The van der Waals surface area contributed by atoms with Crippen LogP contribution in [0.4, 0.5) is 0 Å². The smallest absolute Gasteiger partial charge is 0.305 e. The van der Waals surface area contributed by atoms with E-state index >= 15 is 0 Å². The molecule has 0 aliphatic heterocycles. The summed E-state index contributed by atoms with van der Waals surface area (Å²) in [5.41, 5.74) is 0. The maximum Gasteiger partial charge on any atom is 0.305 e. The van der Waals surface area contributed by atoms with Gasteiger partial charge in [-0.25, -0.2) is 0 Å². The molecule has 4 aliphatic rings. The third-order valence-corrected chi connectivity index (χ3v) is 4.09. The standard InChI is InChI=1S/C10H12O3/c1-13-7(11)3-4-5-2-6-8(4)9(6)10(5)12/h4-6,8-9H,2-3H2,1H3/t4-,5+,6+,8+,9+/m0/s1. The molecule has 0 spiro atoms. The predicted molar refractivity (Wildman–Crippen MR) is 43.7 cm³/mol. The van der Waals surface area contributed by atoms with Gasteiger partial charge in [0.1, 0.15) is 5.78 Å². The minimum atomic E-state index is -0.156. The van der Waals surface area contributed by atoms with Crippen LogP contribution in [0.25, 0.3) is 0 Å². The van der Waals surface area contributed by atoms with Gasteiger partial charge >= 0.3 is 5.97 Å². The Morgan fingerprint density at radius 3 is 2.77 bits per heavy atom. The van der Waals surface area contributed by atoms with Gasteiger partial charge in [-0.1, -0.05) is 0 Å². The number of carbonyl (C=O) groups is 2. The minimum Gasteiger partial charge on any atom is -0.469 e. The summed E-state index contributed by atoms with van der Waals surface area (Å²) in [6.45, 7) is 0. The first-order valence-corrected chi connectivity index (χ1v) is 4.84. The largest absolute Gasteiger partial charge is 0.469 e. The van der Waals surface area contributed by atoms with Gasteiger partial charge in [0.25, 0.3) is 0 Å². The molecular formula is C10H12O3. The molecule has 3 nitrogen and oxygen atoms in total. The topological polar surface area (TPSA) is 43.4 Å². The van der Waals surface area contributed by atoms with Crippen molar-refractivity contribution >= 4 is 11.8 Å². The normalized spacial score (nSPS) is 49.6. The summed E-state index contributed by atoms with van der Waals surface area (Å²) >= 11 is 0. The molecule has 5 atom stereocenters. The lowest BCUT2D eigenvalue weighted by Crippen LogP contribution is -2.16. The molecule has 0 heterocycles. The molecule has 4 bridgehead atoms. The van der Waals surface area contributed by atoms with E-state index in [0.29, 0.717) is 35.9 Å². The van der Waals surface area contributed by atoms with Crippen LogP contribution in [0.5, 0.6) is 0 Å². The van der Waals surface area contributed by atoms with E-state index < -0.39 is 0 Å². The number of hydrogen-bond donors (Lipinski definition) is 0. The highest BCUT2D eigenvalue weighted by atomic mass is 16.5. The van der Waals surface area contributed by atoms with Crippen molar-refractivity contribution in [3.63, 3.8) is 0 Å². The molecule has 4 saturated carbocycles. The van der Waals surface area contributed by atoms with Crippen molar-refractivity contribution in [3.05, 3.63) is 0 Å². The molecule has 4 aliphatic carbocycles. The summed E-state index contributed by atoms with van der Waals surface area (Å²) in [6.07, 6.45) is 1.51. The Morgan fingerprint density at radius 2 is 2.38 bits per heavy atom. The molecule has 70 valence electrons. The number of ether oxygens (including phenoxy) is 1. The zero-order chi connectivity index (χ0) is 9.16. The lowest BCUT2D eigenvalue weighted by molar-refractivity contribution is -0.142. The zero-order valence-corrected chi connectivity index (χ0v) is 7.53. The molecule has 0 aromatic heterocycles. The van der Waals surface area contributed by atoms with E-state index in [2.05, 4.69) is 4.74 Å². The predicted octanol–water partition coefficient (Wildman–Crippen LogP) is 0.630. The van der Waals surface area contributed by atoms with Crippen LogP contribution in [0.1, 0.15) is 12.8 Å². The van der Waals surface area contributed by atoms with Crippen LogP contribution in [0.15, 0.2) is 0 Å². The van der Waals surface area contributed by atoms with E-state index in [0.717, 1.165) is 6.42 Å². The zero-order valence-electron chi connectivity index (χ0n) is 7.53. The summed E-state index contributed by atoms with van der Waals surface area (Å²) < 4.78 is 4.63. The monoisotopic (exact) mass is 180 g/mol. The van der Waals surface area contributed by atoms with E-state index in [1.54, 1.807) is 0 Å². The molecule has 4 fully saturated rings.